The minimum atomic E-state index is -1.10. The summed E-state index contributed by atoms with van der Waals surface area (Å²) in [5.74, 6) is 0.708. The highest BCUT2D eigenvalue weighted by Gasteiger charge is 2.28. The largest absolute Gasteiger partial charge is 0.618 e. The zero-order chi connectivity index (χ0) is 16.6. The number of hydrogen-bond donors (Lipinski definition) is 0. The van der Waals surface area contributed by atoms with Crippen molar-refractivity contribution < 1.29 is 14.0 Å². The molecule has 23 heavy (non-hydrogen) atoms. The zero-order valence-corrected chi connectivity index (χ0v) is 14.2. The van der Waals surface area contributed by atoms with E-state index in [2.05, 4.69) is 19.9 Å². The number of pyridine rings is 1. The van der Waals surface area contributed by atoms with Crippen LogP contribution in [0.1, 0.15) is 25.1 Å². The smallest absolute Gasteiger partial charge is 0.224 e. The van der Waals surface area contributed by atoms with Gasteiger partial charge >= 0.3 is 0 Å². The van der Waals surface area contributed by atoms with Gasteiger partial charge in [0.25, 0.3) is 0 Å². The van der Waals surface area contributed by atoms with Crippen LogP contribution in [0.5, 0.6) is 5.75 Å². The molecule has 1 unspecified atom stereocenters. The molecule has 0 saturated carbocycles. The Morgan fingerprint density at radius 2 is 2.00 bits per heavy atom. The summed E-state index contributed by atoms with van der Waals surface area (Å²) in [5.41, 5.74) is 1.96. The first-order valence-corrected chi connectivity index (χ1v) is 8.95. The van der Waals surface area contributed by atoms with Crippen LogP contribution in [0.4, 0.5) is 0 Å². The van der Waals surface area contributed by atoms with E-state index in [-0.39, 0.29) is 5.41 Å². The third kappa shape index (κ3) is 3.21. The zero-order valence-electron chi connectivity index (χ0n) is 13.4. The molecule has 5 heteroatoms. The summed E-state index contributed by atoms with van der Waals surface area (Å²) in [6.07, 6.45) is 5.18. The van der Waals surface area contributed by atoms with Crippen molar-refractivity contribution in [2.45, 2.75) is 18.7 Å². The van der Waals surface area contributed by atoms with E-state index in [1.54, 1.807) is 24.5 Å². The minimum absolute atomic E-state index is 0.220. The first-order valence-electron chi connectivity index (χ1n) is 7.39. The van der Waals surface area contributed by atoms with Gasteiger partial charge in [-0.05, 0) is 29.4 Å². The van der Waals surface area contributed by atoms with Crippen molar-refractivity contribution in [3.8, 4) is 5.75 Å². The maximum atomic E-state index is 12.2. The summed E-state index contributed by atoms with van der Waals surface area (Å²) in [6, 6.07) is 10.8. The van der Waals surface area contributed by atoms with Crippen LogP contribution in [0.3, 0.4) is 0 Å². The molecule has 1 aromatic heterocycles. The SMILES string of the molecule is C[S+]([O-])c1ccc2c(c1)C(c1cccc[n+]1[O-])=CC(C)(C)CO2. The van der Waals surface area contributed by atoms with E-state index >= 15 is 0 Å². The fraction of sp³-hybridized carbons (Fsp3) is 0.278. The van der Waals surface area contributed by atoms with E-state index in [0.29, 0.717) is 22.9 Å². The Hall–Kier alpha value is -1.98. The van der Waals surface area contributed by atoms with Gasteiger partial charge in [-0.15, -0.1) is 0 Å². The van der Waals surface area contributed by atoms with Crippen LogP contribution in [0.25, 0.3) is 5.57 Å². The first kappa shape index (κ1) is 15.9. The summed E-state index contributed by atoms with van der Waals surface area (Å²) in [5, 5.41) is 12.2. The first-order chi connectivity index (χ1) is 10.9. The van der Waals surface area contributed by atoms with Gasteiger partial charge < -0.3 is 14.5 Å². The number of rotatable bonds is 2. The molecular weight excluding hydrogens is 310 g/mol. The Morgan fingerprint density at radius 3 is 2.70 bits per heavy atom. The standard InChI is InChI=1S/C18H19NO3S/c1-18(2)11-15(16-6-4-5-9-19(16)20)14-10-13(23(3)21)7-8-17(14)22-12-18/h4-11H,12H2,1-3H3. The molecule has 3 rings (SSSR count). The Bertz CT molecular complexity index is 769. The Morgan fingerprint density at radius 1 is 1.22 bits per heavy atom. The third-order valence-electron chi connectivity index (χ3n) is 3.81. The highest BCUT2D eigenvalue weighted by Crippen LogP contribution is 2.38. The van der Waals surface area contributed by atoms with Crippen molar-refractivity contribution in [3.05, 3.63) is 65.1 Å². The van der Waals surface area contributed by atoms with Gasteiger partial charge in [-0.3, -0.25) is 0 Å². The molecule has 0 N–H and O–H groups in total. The Balaban J connectivity index is 2.25. The van der Waals surface area contributed by atoms with Crippen molar-refractivity contribution in [2.24, 2.45) is 5.41 Å². The molecule has 120 valence electrons. The lowest BCUT2D eigenvalue weighted by molar-refractivity contribution is -0.607. The number of benzene rings is 1. The number of hydrogen-bond acceptors (Lipinski definition) is 3. The molecule has 2 aromatic rings. The van der Waals surface area contributed by atoms with Gasteiger partial charge in [-0.25, -0.2) is 0 Å². The third-order valence-corrected chi connectivity index (χ3v) is 4.73. The molecule has 0 radical (unpaired) electrons. The Kier molecular flexibility index (Phi) is 4.08. The molecular formula is C18H19NO3S. The van der Waals surface area contributed by atoms with Crippen LogP contribution < -0.4 is 9.47 Å². The van der Waals surface area contributed by atoms with Gasteiger partial charge in [0.05, 0.1) is 12.2 Å². The number of ether oxygens (including phenoxy) is 1. The molecule has 2 heterocycles. The Labute approximate surface area is 139 Å². The lowest BCUT2D eigenvalue weighted by Gasteiger charge is -2.18. The second-order valence-electron chi connectivity index (χ2n) is 6.36. The van der Waals surface area contributed by atoms with Gasteiger partial charge in [0, 0.05) is 29.2 Å². The van der Waals surface area contributed by atoms with Crippen LogP contribution in [0, 0.1) is 10.6 Å². The molecule has 1 aliphatic rings. The summed E-state index contributed by atoms with van der Waals surface area (Å²) in [6.45, 7) is 4.65. The maximum absolute atomic E-state index is 12.2. The summed E-state index contributed by atoms with van der Waals surface area (Å²) >= 11 is -1.10. The van der Waals surface area contributed by atoms with Crippen molar-refractivity contribution in [1.29, 1.82) is 0 Å². The fourth-order valence-corrected chi connectivity index (χ4v) is 3.19. The van der Waals surface area contributed by atoms with Crippen molar-refractivity contribution in [3.63, 3.8) is 0 Å². The predicted molar refractivity (Wildman–Crippen MR) is 90.5 cm³/mol. The maximum Gasteiger partial charge on any atom is 0.224 e. The second-order valence-corrected chi connectivity index (χ2v) is 7.74. The van der Waals surface area contributed by atoms with Gasteiger partial charge in [0.15, 0.2) is 11.1 Å². The van der Waals surface area contributed by atoms with E-state index in [4.69, 9.17) is 4.74 Å². The average molecular weight is 329 g/mol. The van der Waals surface area contributed by atoms with Crippen molar-refractivity contribution in [1.82, 2.24) is 0 Å². The molecule has 1 atom stereocenters. The van der Waals surface area contributed by atoms with Crippen LogP contribution >= 0.6 is 0 Å². The van der Waals surface area contributed by atoms with Gasteiger partial charge in [-0.1, -0.05) is 19.9 Å². The molecule has 0 fully saturated rings. The number of nitrogens with zero attached hydrogens (tertiary/aromatic N) is 1. The topological polar surface area (TPSA) is 59.2 Å². The van der Waals surface area contributed by atoms with E-state index in [9.17, 15) is 9.76 Å². The van der Waals surface area contributed by atoms with Crippen LogP contribution in [-0.4, -0.2) is 17.4 Å². The van der Waals surface area contributed by atoms with E-state index in [1.807, 2.05) is 18.2 Å². The normalized spacial score (nSPS) is 17.5. The fourth-order valence-electron chi connectivity index (χ4n) is 2.65. The molecule has 4 nitrogen and oxygen atoms in total. The van der Waals surface area contributed by atoms with Gasteiger partial charge in [0.2, 0.25) is 5.69 Å². The molecule has 0 aliphatic carbocycles. The monoisotopic (exact) mass is 329 g/mol. The number of aromatic nitrogens is 1. The van der Waals surface area contributed by atoms with Gasteiger partial charge in [-0.2, -0.15) is 4.73 Å². The highest BCUT2D eigenvalue weighted by atomic mass is 32.2. The van der Waals surface area contributed by atoms with Gasteiger partial charge in [0.1, 0.15) is 12.0 Å². The van der Waals surface area contributed by atoms with Crippen molar-refractivity contribution >= 4 is 16.7 Å². The van der Waals surface area contributed by atoms with E-state index in [1.165, 1.54) is 6.20 Å². The number of fused-ring (bicyclic) bond motifs is 1. The molecule has 1 aromatic carbocycles. The summed E-state index contributed by atoms with van der Waals surface area (Å²) in [7, 11) is 0. The van der Waals surface area contributed by atoms with Crippen LogP contribution in [0.15, 0.2) is 53.6 Å². The molecule has 0 amide bonds. The summed E-state index contributed by atoms with van der Waals surface area (Å²) < 4.78 is 18.6. The highest BCUT2D eigenvalue weighted by molar-refractivity contribution is 7.90. The van der Waals surface area contributed by atoms with E-state index in [0.717, 1.165) is 15.9 Å². The predicted octanol–water partition coefficient (Wildman–Crippen LogP) is 2.91. The molecule has 0 bridgehead atoms. The summed E-state index contributed by atoms with van der Waals surface area (Å²) in [4.78, 5) is 0.714. The molecule has 0 saturated heterocycles. The lowest BCUT2D eigenvalue weighted by Crippen LogP contribution is -2.30. The quantitative estimate of drug-likeness (QED) is 0.483. The van der Waals surface area contributed by atoms with Crippen LogP contribution in [0.2, 0.25) is 0 Å². The lowest BCUT2D eigenvalue weighted by atomic mass is 9.89. The second kappa shape index (κ2) is 5.91. The van der Waals surface area contributed by atoms with E-state index < -0.39 is 11.2 Å². The molecule has 0 spiro atoms. The average Bonchev–Trinajstić information content (AvgIpc) is 2.64. The molecule has 1 aliphatic heterocycles. The van der Waals surface area contributed by atoms with Crippen molar-refractivity contribution in [2.75, 3.05) is 12.9 Å². The van der Waals surface area contributed by atoms with Crippen LogP contribution in [-0.2, 0) is 11.2 Å². The minimum Gasteiger partial charge on any atom is -0.618 e.